The van der Waals surface area contributed by atoms with Gasteiger partial charge in [0, 0.05) is 18.7 Å². The van der Waals surface area contributed by atoms with Crippen LogP contribution in [0.4, 0.5) is 0 Å². The second-order valence-corrected chi connectivity index (χ2v) is 5.16. The molecule has 2 heterocycles. The van der Waals surface area contributed by atoms with Crippen LogP contribution in [-0.2, 0) is 0 Å². The van der Waals surface area contributed by atoms with E-state index in [2.05, 4.69) is 34.1 Å². The van der Waals surface area contributed by atoms with Crippen LogP contribution in [0.25, 0.3) is 11.2 Å². The Kier molecular flexibility index (Phi) is 5.27. The number of aliphatic hydroxyl groups excluding tert-OH is 1. The summed E-state index contributed by atoms with van der Waals surface area (Å²) in [6.45, 7) is 4.41. The van der Waals surface area contributed by atoms with Crippen LogP contribution in [-0.4, -0.2) is 39.1 Å². The molecule has 0 aromatic carbocycles. The van der Waals surface area contributed by atoms with Gasteiger partial charge in [-0.05, 0) is 12.8 Å². The topological polar surface area (TPSA) is 90.9 Å². The first-order valence-electron chi connectivity index (χ1n) is 7.44. The molecule has 2 aromatic heterocycles. The molecule has 0 bridgehead atoms. The Bertz CT molecular complexity index is 605. The summed E-state index contributed by atoms with van der Waals surface area (Å²) in [5, 5.41) is 11.3. The number of aliphatic hydroxyl groups is 1. The summed E-state index contributed by atoms with van der Waals surface area (Å²) in [5.74, 6) is 0.266. The molecule has 3 rings (SSSR count). The Morgan fingerprint density at radius 3 is 2.81 bits per heavy atom. The molecule has 6 nitrogen and oxygen atoms in total. The van der Waals surface area contributed by atoms with Crippen LogP contribution in [0, 0.1) is 0 Å². The fourth-order valence-corrected chi connectivity index (χ4v) is 1.92. The lowest BCUT2D eigenvalue weighted by Gasteiger charge is -2.02. The molecule has 0 unspecified atom stereocenters. The third-order valence-corrected chi connectivity index (χ3v) is 3.04. The Labute approximate surface area is 124 Å². The number of nitrogens with one attached hydrogen (secondary N) is 2. The lowest BCUT2D eigenvalue weighted by Crippen LogP contribution is -2.26. The number of nitrogens with zero attached hydrogens (tertiary/aromatic N) is 2. The average Bonchev–Trinajstić information content (AvgIpc) is 3.25. The van der Waals surface area contributed by atoms with Crippen molar-refractivity contribution in [3.63, 3.8) is 0 Å². The number of amides is 1. The maximum absolute atomic E-state index is 11.9. The monoisotopic (exact) mass is 290 g/mol. The lowest BCUT2D eigenvalue weighted by molar-refractivity contribution is 0.0946. The zero-order chi connectivity index (χ0) is 15.2. The van der Waals surface area contributed by atoms with Crippen LogP contribution in [0.5, 0.6) is 0 Å². The molecule has 1 aliphatic carbocycles. The number of rotatable bonds is 4. The van der Waals surface area contributed by atoms with Gasteiger partial charge in [-0.3, -0.25) is 4.79 Å². The van der Waals surface area contributed by atoms with Gasteiger partial charge in [0.15, 0.2) is 5.65 Å². The second kappa shape index (κ2) is 7.17. The van der Waals surface area contributed by atoms with Gasteiger partial charge in [0.1, 0.15) is 5.52 Å². The normalized spacial score (nSPS) is 13.7. The van der Waals surface area contributed by atoms with E-state index in [4.69, 9.17) is 5.11 Å². The first-order valence-corrected chi connectivity index (χ1v) is 7.44. The van der Waals surface area contributed by atoms with Gasteiger partial charge < -0.3 is 15.4 Å². The number of aromatic nitrogens is 3. The summed E-state index contributed by atoms with van der Waals surface area (Å²) in [7, 11) is 0. The molecule has 21 heavy (non-hydrogen) atoms. The van der Waals surface area contributed by atoms with Gasteiger partial charge in [0.05, 0.1) is 24.1 Å². The standard InChI is InChI=1S/C12H14N4O2.C3H8/c17-4-3-13-12(18)8-5-14-11-10(8)16-9(6-15-11)7-1-2-7;1-3-2/h5-7,17H,1-4H2,(H,13,18)(H,14,15);3H2,1-2H3. The maximum atomic E-state index is 11.9. The molecule has 0 spiro atoms. The molecule has 0 atom stereocenters. The summed E-state index contributed by atoms with van der Waals surface area (Å²) < 4.78 is 0. The number of aromatic amines is 1. The molecular formula is C15H22N4O2. The Balaban J connectivity index is 0.000000497. The summed E-state index contributed by atoms with van der Waals surface area (Å²) >= 11 is 0. The predicted octanol–water partition coefficient (Wildman–Crippen LogP) is 1.97. The van der Waals surface area contributed by atoms with Crippen molar-refractivity contribution in [3.8, 4) is 0 Å². The van der Waals surface area contributed by atoms with Crippen molar-refractivity contribution in [2.45, 2.75) is 39.0 Å². The van der Waals surface area contributed by atoms with Gasteiger partial charge in [-0.1, -0.05) is 20.3 Å². The first kappa shape index (κ1) is 15.4. The number of hydrogen-bond acceptors (Lipinski definition) is 4. The molecule has 0 radical (unpaired) electrons. The van der Waals surface area contributed by atoms with Gasteiger partial charge in [-0.15, -0.1) is 0 Å². The van der Waals surface area contributed by atoms with E-state index in [1.54, 1.807) is 12.4 Å². The van der Waals surface area contributed by atoms with E-state index in [1.807, 2.05) is 0 Å². The van der Waals surface area contributed by atoms with Crippen LogP contribution in [0.1, 0.15) is 55.1 Å². The predicted molar refractivity (Wildman–Crippen MR) is 81.2 cm³/mol. The fraction of sp³-hybridized carbons (Fsp3) is 0.533. The Morgan fingerprint density at radius 1 is 1.48 bits per heavy atom. The summed E-state index contributed by atoms with van der Waals surface area (Å²) in [6.07, 6.45) is 6.92. The van der Waals surface area contributed by atoms with Gasteiger partial charge in [0.25, 0.3) is 5.91 Å². The van der Waals surface area contributed by atoms with Crippen molar-refractivity contribution in [2.24, 2.45) is 0 Å². The zero-order valence-electron chi connectivity index (χ0n) is 12.5. The molecule has 1 amide bonds. The van der Waals surface area contributed by atoms with Gasteiger partial charge in [-0.2, -0.15) is 0 Å². The van der Waals surface area contributed by atoms with Crippen LogP contribution in [0.3, 0.4) is 0 Å². The second-order valence-electron chi connectivity index (χ2n) is 5.16. The van der Waals surface area contributed by atoms with Crippen LogP contribution in [0.15, 0.2) is 12.4 Å². The number of carbonyl (C=O) groups excluding carboxylic acids is 1. The minimum absolute atomic E-state index is 0.0763. The van der Waals surface area contributed by atoms with Crippen LogP contribution < -0.4 is 5.32 Å². The van der Waals surface area contributed by atoms with Crippen molar-refractivity contribution in [2.75, 3.05) is 13.2 Å². The van der Waals surface area contributed by atoms with Gasteiger partial charge in [-0.25, -0.2) is 9.97 Å². The highest BCUT2D eigenvalue weighted by Crippen LogP contribution is 2.39. The Morgan fingerprint density at radius 2 is 2.19 bits per heavy atom. The zero-order valence-corrected chi connectivity index (χ0v) is 12.5. The average molecular weight is 290 g/mol. The van der Waals surface area contributed by atoms with Crippen molar-refractivity contribution < 1.29 is 9.90 Å². The molecule has 0 aliphatic heterocycles. The quantitative estimate of drug-likeness (QED) is 0.803. The summed E-state index contributed by atoms with van der Waals surface area (Å²) in [5.41, 5.74) is 2.66. The largest absolute Gasteiger partial charge is 0.395 e. The summed E-state index contributed by atoms with van der Waals surface area (Å²) in [6, 6.07) is 0. The summed E-state index contributed by atoms with van der Waals surface area (Å²) in [4.78, 5) is 23.6. The molecule has 3 N–H and O–H groups in total. The minimum atomic E-state index is -0.238. The van der Waals surface area contributed by atoms with Gasteiger partial charge in [0.2, 0.25) is 0 Å². The number of H-pyrrole nitrogens is 1. The molecule has 0 saturated heterocycles. The van der Waals surface area contributed by atoms with Crippen LogP contribution in [0.2, 0.25) is 0 Å². The van der Waals surface area contributed by atoms with Crippen molar-refractivity contribution in [3.05, 3.63) is 23.7 Å². The third kappa shape index (κ3) is 3.78. The van der Waals surface area contributed by atoms with Crippen molar-refractivity contribution in [1.82, 2.24) is 20.3 Å². The lowest BCUT2D eigenvalue weighted by atomic mass is 10.2. The van der Waals surface area contributed by atoms with E-state index in [1.165, 1.54) is 6.42 Å². The molecule has 1 aliphatic rings. The van der Waals surface area contributed by atoms with E-state index in [9.17, 15) is 4.79 Å². The third-order valence-electron chi connectivity index (χ3n) is 3.04. The molecule has 1 saturated carbocycles. The molecule has 1 fully saturated rings. The number of fused-ring (bicyclic) bond motifs is 1. The van der Waals surface area contributed by atoms with E-state index >= 15 is 0 Å². The van der Waals surface area contributed by atoms with E-state index in [-0.39, 0.29) is 19.1 Å². The Hall–Kier alpha value is -1.95. The first-order chi connectivity index (χ1) is 10.2. The van der Waals surface area contributed by atoms with E-state index in [0.717, 1.165) is 18.5 Å². The molecule has 6 heteroatoms. The molecule has 114 valence electrons. The highest BCUT2D eigenvalue weighted by molar-refractivity contribution is 6.04. The SMILES string of the molecule is CCC.O=C(NCCO)c1c[nH]c2ncc(C3CC3)nc12. The number of hydrogen-bond donors (Lipinski definition) is 3. The molecule has 2 aromatic rings. The minimum Gasteiger partial charge on any atom is -0.395 e. The van der Waals surface area contributed by atoms with E-state index in [0.29, 0.717) is 22.6 Å². The van der Waals surface area contributed by atoms with Crippen molar-refractivity contribution >= 4 is 17.1 Å². The number of carbonyl (C=O) groups is 1. The van der Waals surface area contributed by atoms with E-state index < -0.39 is 0 Å². The van der Waals surface area contributed by atoms with Crippen LogP contribution >= 0.6 is 0 Å². The van der Waals surface area contributed by atoms with Gasteiger partial charge >= 0.3 is 0 Å². The fourth-order valence-electron chi connectivity index (χ4n) is 1.92. The molecular weight excluding hydrogens is 268 g/mol. The maximum Gasteiger partial charge on any atom is 0.255 e. The highest BCUT2D eigenvalue weighted by Gasteiger charge is 2.26. The smallest absolute Gasteiger partial charge is 0.255 e. The van der Waals surface area contributed by atoms with Crippen molar-refractivity contribution in [1.29, 1.82) is 0 Å². The highest BCUT2D eigenvalue weighted by atomic mass is 16.3.